The predicted octanol–water partition coefficient (Wildman–Crippen LogP) is 3.86. The third-order valence-corrected chi connectivity index (χ3v) is 5.04. The number of benzene rings is 2. The number of hydrogen-bond donors (Lipinski definition) is 1. The lowest BCUT2D eigenvalue weighted by atomic mass is 10.1. The molecule has 1 aromatic heterocycles. The summed E-state index contributed by atoms with van der Waals surface area (Å²) in [5.74, 6) is 2.50. The van der Waals surface area contributed by atoms with Crippen LogP contribution >= 0.6 is 0 Å². The first-order chi connectivity index (χ1) is 14.1. The highest BCUT2D eigenvalue weighted by molar-refractivity contribution is 5.66. The molecule has 4 rings (SSSR count). The number of aromatic nitrogens is 2. The Balaban J connectivity index is 1.49. The molecule has 6 nitrogen and oxygen atoms in total. The monoisotopic (exact) mass is 393 g/mol. The summed E-state index contributed by atoms with van der Waals surface area (Å²) in [6.07, 6.45) is 2.95. The van der Waals surface area contributed by atoms with Gasteiger partial charge in [-0.2, -0.15) is 5.10 Å². The van der Waals surface area contributed by atoms with Crippen molar-refractivity contribution in [3.05, 3.63) is 59.3 Å². The maximum atomic E-state index is 5.84. The van der Waals surface area contributed by atoms with E-state index in [1.807, 2.05) is 36.9 Å². The molecule has 29 heavy (non-hydrogen) atoms. The first-order valence-electron chi connectivity index (χ1n) is 9.91. The summed E-state index contributed by atoms with van der Waals surface area (Å²) in [5.41, 5.74) is 5.45. The lowest BCUT2D eigenvalue weighted by molar-refractivity contribution is 0.297. The van der Waals surface area contributed by atoms with Gasteiger partial charge in [-0.25, -0.2) is 0 Å². The van der Waals surface area contributed by atoms with Crippen LogP contribution in [-0.4, -0.2) is 30.1 Å². The Bertz CT molecular complexity index is 997. The van der Waals surface area contributed by atoms with Crippen LogP contribution in [0, 0.1) is 6.92 Å². The van der Waals surface area contributed by atoms with Crippen LogP contribution in [0.25, 0.3) is 11.3 Å². The second-order valence-electron chi connectivity index (χ2n) is 7.30. The van der Waals surface area contributed by atoms with Gasteiger partial charge in [-0.05, 0) is 42.3 Å². The van der Waals surface area contributed by atoms with E-state index in [1.54, 1.807) is 7.11 Å². The number of methoxy groups -OCH3 is 1. The van der Waals surface area contributed by atoms with Gasteiger partial charge in [-0.3, -0.25) is 4.68 Å². The molecule has 0 amide bonds. The number of hydrogen-bond acceptors (Lipinski definition) is 5. The zero-order valence-corrected chi connectivity index (χ0v) is 17.2. The van der Waals surface area contributed by atoms with E-state index in [4.69, 9.17) is 14.2 Å². The highest BCUT2D eigenvalue weighted by Crippen LogP contribution is 2.34. The van der Waals surface area contributed by atoms with Crippen molar-refractivity contribution in [3.63, 3.8) is 0 Å². The maximum Gasteiger partial charge on any atom is 0.161 e. The zero-order chi connectivity index (χ0) is 20.2. The summed E-state index contributed by atoms with van der Waals surface area (Å²) >= 11 is 0. The van der Waals surface area contributed by atoms with Crippen LogP contribution in [0.2, 0.25) is 0 Å². The van der Waals surface area contributed by atoms with Crippen LogP contribution in [-0.2, 0) is 20.1 Å². The van der Waals surface area contributed by atoms with Gasteiger partial charge in [-0.15, -0.1) is 0 Å². The van der Waals surface area contributed by atoms with Crippen LogP contribution in [0.1, 0.15) is 23.1 Å². The maximum absolute atomic E-state index is 5.84. The van der Waals surface area contributed by atoms with Crippen LogP contribution in [0.4, 0.5) is 0 Å². The number of rotatable bonds is 6. The third kappa shape index (κ3) is 4.38. The zero-order valence-electron chi connectivity index (χ0n) is 17.2. The van der Waals surface area contributed by atoms with Gasteiger partial charge in [0.15, 0.2) is 11.5 Å². The Morgan fingerprint density at radius 3 is 2.72 bits per heavy atom. The van der Waals surface area contributed by atoms with Crippen molar-refractivity contribution in [1.29, 1.82) is 0 Å². The second-order valence-corrected chi connectivity index (χ2v) is 7.30. The van der Waals surface area contributed by atoms with Gasteiger partial charge in [0.2, 0.25) is 0 Å². The highest BCUT2D eigenvalue weighted by atomic mass is 16.5. The molecule has 0 unspecified atom stereocenters. The van der Waals surface area contributed by atoms with Gasteiger partial charge < -0.3 is 19.5 Å². The molecule has 2 aromatic carbocycles. The minimum Gasteiger partial charge on any atom is -0.496 e. The van der Waals surface area contributed by atoms with Gasteiger partial charge >= 0.3 is 0 Å². The van der Waals surface area contributed by atoms with Gasteiger partial charge in [0.1, 0.15) is 5.75 Å². The summed E-state index contributed by atoms with van der Waals surface area (Å²) < 4.78 is 18.9. The fraction of sp³-hybridized carbons (Fsp3) is 0.348. The van der Waals surface area contributed by atoms with Crippen molar-refractivity contribution in [2.45, 2.75) is 26.4 Å². The molecule has 6 heteroatoms. The van der Waals surface area contributed by atoms with Crippen molar-refractivity contribution < 1.29 is 14.2 Å². The van der Waals surface area contributed by atoms with E-state index in [0.29, 0.717) is 19.8 Å². The molecular formula is C23H27N3O3. The average Bonchev–Trinajstić information content (AvgIpc) is 2.94. The molecular weight excluding hydrogens is 366 g/mol. The topological polar surface area (TPSA) is 57.5 Å². The molecule has 0 aliphatic carbocycles. The summed E-state index contributed by atoms with van der Waals surface area (Å²) in [7, 11) is 3.65. The average molecular weight is 393 g/mol. The van der Waals surface area contributed by atoms with E-state index in [9.17, 15) is 0 Å². The smallest absolute Gasteiger partial charge is 0.161 e. The molecule has 3 aromatic rings. The second kappa shape index (κ2) is 8.57. The molecule has 0 saturated heterocycles. The van der Waals surface area contributed by atoms with Crippen LogP contribution in [0.15, 0.2) is 42.6 Å². The van der Waals surface area contributed by atoms with Gasteiger partial charge in [-0.1, -0.05) is 12.1 Å². The van der Waals surface area contributed by atoms with Gasteiger partial charge in [0.25, 0.3) is 0 Å². The molecule has 0 atom stereocenters. The molecule has 0 spiro atoms. The molecule has 1 aliphatic rings. The Morgan fingerprint density at radius 2 is 1.90 bits per heavy atom. The number of nitrogens with one attached hydrogen (secondary N) is 1. The first kappa shape index (κ1) is 19.3. The Morgan fingerprint density at radius 1 is 1.07 bits per heavy atom. The number of fused-ring (bicyclic) bond motifs is 1. The van der Waals surface area contributed by atoms with Crippen molar-refractivity contribution in [2.24, 2.45) is 7.05 Å². The summed E-state index contributed by atoms with van der Waals surface area (Å²) in [5, 5.41) is 8.20. The molecule has 1 aliphatic heterocycles. The lowest BCUT2D eigenvalue weighted by Gasteiger charge is -2.10. The molecule has 2 heterocycles. The van der Waals surface area contributed by atoms with Crippen molar-refractivity contribution >= 4 is 0 Å². The minimum absolute atomic E-state index is 0.674. The Hall–Kier alpha value is -2.99. The third-order valence-electron chi connectivity index (χ3n) is 5.04. The normalized spacial score (nSPS) is 13.2. The van der Waals surface area contributed by atoms with E-state index in [0.717, 1.165) is 52.6 Å². The Labute approximate surface area is 171 Å². The molecule has 0 bridgehead atoms. The Kier molecular flexibility index (Phi) is 5.71. The van der Waals surface area contributed by atoms with Crippen LogP contribution in [0.3, 0.4) is 0 Å². The van der Waals surface area contributed by atoms with Crippen molar-refractivity contribution in [3.8, 4) is 28.5 Å². The number of aryl methyl sites for hydroxylation is 2. The number of ether oxygens (including phenoxy) is 3. The fourth-order valence-electron chi connectivity index (χ4n) is 3.54. The SMILES string of the molecule is COc1cc(CNCc2cn(C)nc2-c2ccc3c(c2)OCCCO3)ccc1C. The van der Waals surface area contributed by atoms with Gasteiger partial charge in [0.05, 0.1) is 26.0 Å². The standard InChI is InChI=1S/C23H27N3O3/c1-16-5-6-17(11-21(16)27-3)13-24-14-19-15-26(2)25-23(19)18-7-8-20-22(12-18)29-10-4-9-28-20/h5-8,11-12,15,24H,4,9-10,13-14H2,1-3H3. The number of nitrogens with zero attached hydrogens (tertiary/aromatic N) is 2. The van der Waals surface area contributed by atoms with E-state index < -0.39 is 0 Å². The van der Waals surface area contributed by atoms with Crippen LogP contribution in [0.5, 0.6) is 17.2 Å². The van der Waals surface area contributed by atoms with Crippen molar-refractivity contribution in [2.75, 3.05) is 20.3 Å². The van der Waals surface area contributed by atoms with Gasteiger partial charge in [0, 0.05) is 43.9 Å². The van der Waals surface area contributed by atoms with E-state index >= 15 is 0 Å². The minimum atomic E-state index is 0.674. The molecule has 0 fully saturated rings. The van der Waals surface area contributed by atoms with E-state index in [-0.39, 0.29) is 0 Å². The molecule has 1 N–H and O–H groups in total. The summed E-state index contributed by atoms with van der Waals surface area (Å²) in [4.78, 5) is 0. The van der Waals surface area contributed by atoms with E-state index in [1.165, 1.54) is 5.56 Å². The predicted molar refractivity (Wildman–Crippen MR) is 113 cm³/mol. The summed E-state index contributed by atoms with van der Waals surface area (Å²) in [6.45, 7) is 4.88. The largest absolute Gasteiger partial charge is 0.496 e. The fourth-order valence-corrected chi connectivity index (χ4v) is 3.54. The quantitative estimate of drug-likeness (QED) is 0.689. The van der Waals surface area contributed by atoms with Crippen LogP contribution < -0.4 is 19.5 Å². The van der Waals surface area contributed by atoms with E-state index in [2.05, 4.69) is 34.8 Å². The van der Waals surface area contributed by atoms with Crippen molar-refractivity contribution in [1.82, 2.24) is 15.1 Å². The molecule has 0 radical (unpaired) electrons. The molecule has 152 valence electrons. The molecule has 0 saturated carbocycles. The lowest BCUT2D eigenvalue weighted by Crippen LogP contribution is -2.13. The highest BCUT2D eigenvalue weighted by Gasteiger charge is 2.15. The first-order valence-corrected chi connectivity index (χ1v) is 9.91. The summed E-state index contributed by atoms with van der Waals surface area (Å²) in [6, 6.07) is 12.3.